The van der Waals surface area contributed by atoms with Crippen LogP contribution in [0, 0.1) is 5.92 Å². The van der Waals surface area contributed by atoms with Crippen LogP contribution in [-0.2, 0) is 4.74 Å². The van der Waals surface area contributed by atoms with Crippen molar-refractivity contribution in [3.8, 4) is 11.3 Å². The molecule has 0 saturated carbocycles. The van der Waals surface area contributed by atoms with Crippen molar-refractivity contribution in [2.24, 2.45) is 5.92 Å². The Morgan fingerprint density at radius 2 is 2.21 bits per heavy atom. The molecule has 0 spiro atoms. The molecule has 3 aliphatic rings. The summed E-state index contributed by atoms with van der Waals surface area (Å²) in [6.45, 7) is 11.3. The second kappa shape index (κ2) is 6.30. The van der Waals surface area contributed by atoms with Gasteiger partial charge in [-0.1, -0.05) is 18.7 Å². The molecule has 0 aromatic rings. The number of ether oxygens (including phenoxy) is 1. The van der Waals surface area contributed by atoms with Crippen LogP contribution in [0.1, 0.15) is 39.3 Å². The second-order valence-electron chi connectivity index (χ2n) is 7.40. The summed E-state index contributed by atoms with van der Waals surface area (Å²) >= 11 is 0. The molecule has 24 heavy (non-hydrogen) atoms. The molecule has 1 saturated heterocycles. The van der Waals surface area contributed by atoms with E-state index in [2.05, 4.69) is 16.5 Å². The molecule has 3 rings (SSSR count). The van der Waals surface area contributed by atoms with Crippen LogP contribution in [-0.4, -0.2) is 39.7 Å². The van der Waals surface area contributed by atoms with Crippen LogP contribution in [0.25, 0.3) is 16.8 Å². The van der Waals surface area contributed by atoms with Crippen molar-refractivity contribution < 1.29 is 9.53 Å². The first-order chi connectivity index (χ1) is 11.3. The summed E-state index contributed by atoms with van der Waals surface area (Å²) in [5.74, 6) is 0.208. The Morgan fingerprint density at radius 1 is 1.42 bits per heavy atom. The molecule has 0 aromatic carbocycles. The van der Waals surface area contributed by atoms with Gasteiger partial charge in [-0.2, -0.15) is 0 Å². The molecule has 0 aromatic heterocycles. The van der Waals surface area contributed by atoms with E-state index in [4.69, 9.17) is 4.74 Å². The van der Waals surface area contributed by atoms with E-state index in [1.807, 2.05) is 39.0 Å². The van der Waals surface area contributed by atoms with Gasteiger partial charge in [-0.15, -0.1) is 0 Å². The van der Waals surface area contributed by atoms with E-state index in [0.29, 0.717) is 6.54 Å². The Balaban J connectivity index is 1.74. The molecule has 2 aliphatic heterocycles. The Morgan fingerprint density at radius 3 is 2.96 bits per heavy atom. The summed E-state index contributed by atoms with van der Waals surface area (Å²) in [6, 6.07) is 6.09. The summed E-state index contributed by atoms with van der Waals surface area (Å²) in [5, 5.41) is 0. The Hall–Kier alpha value is -2.30. The number of rotatable bonds is 2. The lowest BCUT2D eigenvalue weighted by atomic mass is 9.88. The van der Waals surface area contributed by atoms with E-state index in [-0.39, 0.29) is 12.0 Å². The van der Waals surface area contributed by atoms with Gasteiger partial charge in [0.25, 0.3) is 0 Å². The van der Waals surface area contributed by atoms with E-state index in [1.54, 1.807) is 11.2 Å². The highest BCUT2D eigenvalue weighted by molar-refractivity contribution is 5.79. The van der Waals surface area contributed by atoms with Crippen LogP contribution in [0.4, 0.5) is 4.79 Å². The van der Waals surface area contributed by atoms with Crippen LogP contribution in [0.3, 0.4) is 0 Å². The number of H-pyrrole nitrogens is 1. The predicted molar refractivity (Wildman–Crippen MR) is 94.8 cm³/mol. The summed E-state index contributed by atoms with van der Waals surface area (Å²) < 4.78 is 5.51. The van der Waals surface area contributed by atoms with Crippen molar-refractivity contribution in [1.82, 2.24) is 14.9 Å². The second-order valence-corrected chi connectivity index (χ2v) is 7.40. The molecule has 128 valence electrons. The van der Waals surface area contributed by atoms with Gasteiger partial charge in [0.2, 0.25) is 0 Å². The average molecular weight is 327 g/mol. The van der Waals surface area contributed by atoms with Gasteiger partial charge in [0, 0.05) is 30.3 Å². The van der Waals surface area contributed by atoms with Gasteiger partial charge < -0.3 is 14.6 Å². The molecular weight excluding hydrogens is 302 g/mol. The summed E-state index contributed by atoms with van der Waals surface area (Å²) in [7, 11) is 0. The SMILES string of the molecule is C=C(c1nc[nH]c2cccc1-2)C1CCCN(C(=O)OC(C)(C)C)C1. The van der Waals surface area contributed by atoms with Crippen LogP contribution in [0.15, 0.2) is 31.1 Å². The highest BCUT2D eigenvalue weighted by atomic mass is 16.6. The smallest absolute Gasteiger partial charge is 0.410 e. The van der Waals surface area contributed by atoms with Crippen molar-refractivity contribution in [3.63, 3.8) is 0 Å². The van der Waals surface area contributed by atoms with Crippen molar-refractivity contribution >= 4 is 11.7 Å². The van der Waals surface area contributed by atoms with E-state index in [0.717, 1.165) is 41.9 Å². The number of nitrogens with one attached hydrogen (secondary N) is 1. The Bertz CT molecular complexity index is 714. The number of piperidine rings is 1. The number of hydrogen-bond donors (Lipinski definition) is 1. The molecular formula is C19H25N3O2. The van der Waals surface area contributed by atoms with Gasteiger partial charge in [0.1, 0.15) is 5.60 Å². The molecule has 1 fully saturated rings. The molecule has 5 nitrogen and oxygen atoms in total. The van der Waals surface area contributed by atoms with Gasteiger partial charge in [-0.25, -0.2) is 9.78 Å². The number of amides is 1. The number of nitrogens with zero attached hydrogens (tertiary/aromatic N) is 2. The molecule has 1 aliphatic carbocycles. The zero-order valence-corrected chi connectivity index (χ0v) is 14.6. The minimum absolute atomic E-state index is 0.208. The van der Waals surface area contributed by atoms with E-state index in [1.165, 1.54) is 0 Å². The van der Waals surface area contributed by atoms with Gasteiger partial charge in [0.05, 0.1) is 12.0 Å². The van der Waals surface area contributed by atoms with E-state index >= 15 is 0 Å². The van der Waals surface area contributed by atoms with Crippen LogP contribution in [0.2, 0.25) is 0 Å². The van der Waals surface area contributed by atoms with E-state index < -0.39 is 5.60 Å². The van der Waals surface area contributed by atoms with Crippen molar-refractivity contribution in [3.05, 3.63) is 36.8 Å². The van der Waals surface area contributed by atoms with Crippen molar-refractivity contribution in [2.75, 3.05) is 13.1 Å². The first-order valence-electron chi connectivity index (χ1n) is 8.44. The largest absolute Gasteiger partial charge is 0.444 e. The lowest BCUT2D eigenvalue weighted by molar-refractivity contribution is 0.0190. The number of hydrogen-bond acceptors (Lipinski definition) is 3. The quantitative estimate of drug-likeness (QED) is 0.900. The number of aromatic nitrogens is 2. The Kier molecular flexibility index (Phi) is 4.35. The number of aromatic amines is 1. The monoisotopic (exact) mass is 327 g/mol. The highest BCUT2D eigenvalue weighted by Crippen LogP contribution is 2.34. The molecule has 1 atom stereocenters. The number of carbonyl (C=O) groups excluding carboxylic acids is 1. The van der Waals surface area contributed by atoms with Crippen LogP contribution < -0.4 is 0 Å². The standard InChI is InChI=1S/C19H25N3O2/c1-13(17-15-8-5-9-16(15)20-12-21-17)14-7-6-10-22(11-14)18(23)24-19(2,3)4/h5,8-9,12,14H,1,6-7,10-11H2,2-4H3,(H,20,21). The van der Waals surface area contributed by atoms with Gasteiger partial charge in [-0.3, -0.25) is 0 Å². The zero-order valence-electron chi connectivity index (χ0n) is 14.6. The molecule has 0 radical (unpaired) electrons. The number of fused-ring (bicyclic) bond motifs is 1. The maximum atomic E-state index is 12.3. The third kappa shape index (κ3) is 3.45. The molecule has 1 amide bonds. The van der Waals surface area contributed by atoms with Crippen LogP contribution >= 0.6 is 0 Å². The minimum atomic E-state index is -0.473. The maximum absolute atomic E-state index is 12.3. The van der Waals surface area contributed by atoms with Crippen LogP contribution in [0.5, 0.6) is 0 Å². The number of carbonyl (C=O) groups is 1. The fraction of sp³-hybridized carbons (Fsp3) is 0.474. The van der Waals surface area contributed by atoms with E-state index in [9.17, 15) is 4.79 Å². The zero-order chi connectivity index (χ0) is 17.3. The molecule has 2 heterocycles. The molecule has 0 bridgehead atoms. The molecule has 1 unspecified atom stereocenters. The minimum Gasteiger partial charge on any atom is -0.444 e. The number of likely N-dealkylation sites (tertiary alicyclic amines) is 1. The predicted octanol–water partition coefficient (Wildman–Crippen LogP) is 4.17. The van der Waals surface area contributed by atoms with Gasteiger partial charge in [-0.05, 0) is 45.3 Å². The fourth-order valence-corrected chi connectivity index (χ4v) is 3.19. The normalized spacial score (nSPS) is 18.6. The molecule has 5 heteroatoms. The van der Waals surface area contributed by atoms with Crippen molar-refractivity contribution in [2.45, 2.75) is 39.2 Å². The topological polar surface area (TPSA) is 58.2 Å². The first kappa shape index (κ1) is 16.6. The maximum Gasteiger partial charge on any atom is 0.410 e. The summed E-state index contributed by atoms with van der Waals surface area (Å²) in [6.07, 6.45) is 3.43. The summed E-state index contributed by atoms with van der Waals surface area (Å²) in [4.78, 5) is 21.8. The third-order valence-electron chi connectivity index (χ3n) is 4.35. The van der Waals surface area contributed by atoms with Gasteiger partial charge >= 0.3 is 6.09 Å². The highest BCUT2D eigenvalue weighted by Gasteiger charge is 2.30. The third-order valence-corrected chi connectivity index (χ3v) is 4.35. The average Bonchev–Trinajstić information content (AvgIpc) is 3.01. The lowest BCUT2D eigenvalue weighted by Gasteiger charge is -2.35. The lowest BCUT2D eigenvalue weighted by Crippen LogP contribution is -2.43. The summed E-state index contributed by atoms with van der Waals surface area (Å²) in [5.41, 5.74) is 3.58. The Labute approximate surface area is 143 Å². The fourth-order valence-electron chi connectivity index (χ4n) is 3.19. The van der Waals surface area contributed by atoms with Gasteiger partial charge in [0.15, 0.2) is 0 Å². The first-order valence-corrected chi connectivity index (χ1v) is 8.44. The molecule has 1 N–H and O–H groups in total. The van der Waals surface area contributed by atoms with Crippen molar-refractivity contribution in [1.29, 1.82) is 0 Å².